The van der Waals surface area contributed by atoms with Gasteiger partial charge in [0.05, 0.1) is 13.2 Å². The number of unbranched alkanes of at least 4 members (excludes halogenated alkanes) is 7. The summed E-state index contributed by atoms with van der Waals surface area (Å²) < 4.78 is 32.7. The Kier molecular flexibility index (Phi) is 39.8. The number of nitrogens with two attached hydrogens (primary N) is 1. The highest BCUT2D eigenvalue weighted by atomic mass is 31.2. The van der Waals surface area contributed by atoms with Crippen molar-refractivity contribution in [2.45, 2.75) is 148 Å². The van der Waals surface area contributed by atoms with Crippen LogP contribution in [-0.2, 0) is 32.7 Å². The number of allylic oxidation sites excluding steroid dienone is 18. The van der Waals surface area contributed by atoms with Crippen molar-refractivity contribution in [2.24, 2.45) is 5.73 Å². The van der Waals surface area contributed by atoms with E-state index in [4.69, 9.17) is 24.3 Å². The number of phosphoric ester groups is 1. The van der Waals surface area contributed by atoms with Crippen molar-refractivity contribution in [3.8, 4) is 0 Å². The quantitative estimate of drug-likeness (QED) is 0.0270. The van der Waals surface area contributed by atoms with E-state index in [0.29, 0.717) is 12.8 Å². The molecule has 57 heavy (non-hydrogen) atoms. The van der Waals surface area contributed by atoms with Crippen LogP contribution in [0.1, 0.15) is 142 Å². The van der Waals surface area contributed by atoms with Crippen LogP contribution in [0.25, 0.3) is 0 Å². The fraction of sp³-hybridized carbons (Fsp3) is 0.574. The lowest BCUT2D eigenvalue weighted by Crippen LogP contribution is -2.29. The molecule has 0 aromatic heterocycles. The summed E-state index contributed by atoms with van der Waals surface area (Å²) in [6.07, 6.45) is 55.6. The summed E-state index contributed by atoms with van der Waals surface area (Å²) in [4.78, 5) is 34.8. The van der Waals surface area contributed by atoms with Crippen molar-refractivity contribution in [3.05, 3.63) is 109 Å². The summed E-state index contributed by atoms with van der Waals surface area (Å²) in [5.41, 5.74) is 5.34. The predicted octanol–water partition coefficient (Wildman–Crippen LogP) is 12.4. The smallest absolute Gasteiger partial charge is 0.462 e. The highest BCUT2D eigenvalue weighted by Crippen LogP contribution is 2.43. The summed E-state index contributed by atoms with van der Waals surface area (Å²) in [7, 11) is -4.41. The van der Waals surface area contributed by atoms with Gasteiger partial charge in [-0.3, -0.25) is 18.6 Å². The first-order valence-corrected chi connectivity index (χ1v) is 22.9. The van der Waals surface area contributed by atoms with Gasteiger partial charge in [0.1, 0.15) is 6.61 Å². The standard InChI is InChI=1S/C47H76NO8P/c1-3-5-7-9-11-13-15-17-19-21-22-24-25-27-29-31-33-35-37-39-46(49)53-43-45(44-55-57(51,52)54-42-41-48)56-47(50)40-38-36-34-32-30-28-26-23-20-18-16-14-12-10-8-6-4-2/h6,8,11-14,17-20,22,24,26-29,33,35,45H,3-5,7,9-10,15-16,21,23,25,30-32,34,36-44,48H2,1-2H3,(H,51,52)/t45-/m1/s1. The summed E-state index contributed by atoms with van der Waals surface area (Å²) in [6, 6.07) is 0. The Bertz CT molecular complexity index is 1290. The maximum Gasteiger partial charge on any atom is 0.472 e. The fourth-order valence-corrected chi connectivity index (χ4v) is 5.78. The second kappa shape index (κ2) is 42.3. The van der Waals surface area contributed by atoms with Gasteiger partial charge in [-0.05, 0) is 89.9 Å². The first-order chi connectivity index (χ1) is 27.8. The maximum atomic E-state index is 12.6. The molecule has 10 heteroatoms. The highest BCUT2D eigenvalue weighted by Gasteiger charge is 2.25. The van der Waals surface area contributed by atoms with Crippen molar-refractivity contribution in [1.82, 2.24) is 0 Å². The molecule has 0 rings (SSSR count). The number of esters is 2. The van der Waals surface area contributed by atoms with E-state index in [0.717, 1.165) is 77.0 Å². The molecule has 0 heterocycles. The molecule has 0 spiro atoms. The van der Waals surface area contributed by atoms with Crippen LogP contribution in [0.2, 0.25) is 0 Å². The zero-order valence-corrected chi connectivity index (χ0v) is 36.2. The lowest BCUT2D eigenvalue weighted by Gasteiger charge is -2.19. The minimum absolute atomic E-state index is 0.0331. The van der Waals surface area contributed by atoms with Crippen LogP contribution in [0, 0.1) is 0 Å². The van der Waals surface area contributed by atoms with E-state index >= 15 is 0 Å². The van der Waals surface area contributed by atoms with Crippen LogP contribution in [-0.4, -0.2) is 49.3 Å². The number of rotatable bonds is 38. The lowest BCUT2D eigenvalue weighted by atomic mass is 10.1. The number of carbonyl (C=O) groups is 2. The zero-order valence-electron chi connectivity index (χ0n) is 35.3. The van der Waals surface area contributed by atoms with Crippen LogP contribution < -0.4 is 5.73 Å². The Hall–Kier alpha value is -3.33. The molecule has 0 amide bonds. The van der Waals surface area contributed by atoms with E-state index < -0.39 is 32.5 Å². The summed E-state index contributed by atoms with van der Waals surface area (Å²) in [5.74, 6) is -0.965. The van der Waals surface area contributed by atoms with E-state index in [9.17, 15) is 19.0 Å². The number of ether oxygens (including phenoxy) is 2. The van der Waals surface area contributed by atoms with Crippen molar-refractivity contribution < 1.29 is 37.6 Å². The normalized spacial score (nSPS) is 14.4. The van der Waals surface area contributed by atoms with Crippen molar-refractivity contribution in [2.75, 3.05) is 26.4 Å². The van der Waals surface area contributed by atoms with E-state index in [1.165, 1.54) is 25.7 Å². The molecular weight excluding hydrogens is 737 g/mol. The topological polar surface area (TPSA) is 134 Å². The van der Waals surface area contributed by atoms with Gasteiger partial charge in [0, 0.05) is 19.4 Å². The Morgan fingerprint density at radius 1 is 0.544 bits per heavy atom. The van der Waals surface area contributed by atoms with Gasteiger partial charge < -0.3 is 20.1 Å². The van der Waals surface area contributed by atoms with Gasteiger partial charge in [-0.25, -0.2) is 4.57 Å². The molecule has 0 saturated carbocycles. The first kappa shape index (κ1) is 53.7. The van der Waals surface area contributed by atoms with E-state index in [-0.39, 0.29) is 32.6 Å². The molecule has 2 atom stereocenters. The SMILES string of the molecule is CCC=CCC=CCC=CCC=CCCCCCCC(=O)O[C@H](COC(=O)CCC=CCC=CCC=CCC=CCC=CCCCCC)COP(=O)(O)OCCN. The highest BCUT2D eigenvalue weighted by molar-refractivity contribution is 7.47. The van der Waals surface area contributed by atoms with Crippen LogP contribution in [0.5, 0.6) is 0 Å². The summed E-state index contributed by atoms with van der Waals surface area (Å²) in [5, 5.41) is 0. The molecule has 1 unspecified atom stereocenters. The molecule has 0 aromatic carbocycles. The summed E-state index contributed by atoms with van der Waals surface area (Å²) >= 11 is 0. The maximum absolute atomic E-state index is 12.6. The third-order valence-electron chi connectivity index (χ3n) is 8.16. The molecular formula is C47H76NO8P. The van der Waals surface area contributed by atoms with E-state index in [1.54, 1.807) is 0 Å². The molecule has 0 radical (unpaired) electrons. The van der Waals surface area contributed by atoms with Gasteiger partial charge >= 0.3 is 19.8 Å². The molecule has 3 N–H and O–H groups in total. The second-order valence-corrected chi connectivity index (χ2v) is 14.9. The van der Waals surface area contributed by atoms with Gasteiger partial charge in [0.15, 0.2) is 6.10 Å². The van der Waals surface area contributed by atoms with Gasteiger partial charge in [0.2, 0.25) is 0 Å². The average molecular weight is 814 g/mol. The molecule has 0 bridgehead atoms. The second-order valence-electron chi connectivity index (χ2n) is 13.5. The zero-order chi connectivity index (χ0) is 41.8. The minimum atomic E-state index is -4.41. The lowest BCUT2D eigenvalue weighted by molar-refractivity contribution is -0.161. The van der Waals surface area contributed by atoms with Crippen molar-refractivity contribution >= 4 is 19.8 Å². The molecule has 0 aliphatic heterocycles. The Morgan fingerprint density at radius 3 is 1.49 bits per heavy atom. The van der Waals surface area contributed by atoms with Gasteiger partial charge in [-0.1, -0.05) is 149 Å². The minimum Gasteiger partial charge on any atom is -0.462 e. The third kappa shape index (κ3) is 42.1. The number of phosphoric acid groups is 1. The molecule has 322 valence electrons. The predicted molar refractivity (Wildman–Crippen MR) is 238 cm³/mol. The molecule has 0 fully saturated rings. The Morgan fingerprint density at radius 2 is 1.00 bits per heavy atom. The van der Waals surface area contributed by atoms with E-state index in [1.807, 2.05) is 12.2 Å². The Balaban J connectivity index is 4.36. The van der Waals surface area contributed by atoms with E-state index in [2.05, 4.69) is 111 Å². The summed E-state index contributed by atoms with van der Waals surface area (Å²) in [6.45, 7) is 3.44. The molecule has 9 nitrogen and oxygen atoms in total. The van der Waals surface area contributed by atoms with Gasteiger partial charge in [0.25, 0.3) is 0 Å². The fourth-order valence-electron chi connectivity index (χ4n) is 5.02. The molecule has 0 aliphatic carbocycles. The first-order valence-electron chi connectivity index (χ1n) is 21.4. The van der Waals surface area contributed by atoms with Crippen molar-refractivity contribution in [3.63, 3.8) is 0 Å². The van der Waals surface area contributed by atoms with Crippen LogP contribution in [0.3, 0.4) is 0 Å². The number of carbonyl (C=O) groups excluding carboxylic acids is 2. The molecule has 0 aromatic rings. The average Bonchev–Trinajstić information content (AvgIpc) is 3.20. The van der Waals surface area contributed by atoms with Crippen molar-refractivity contribution in [1.29, 1.82) is 0 Å². The Labute approximate surface area is 346 Å². The molecule has 0 aliphatic rings. The monoisotopic (exact) mass is 814 g/mol. The van der Waals surface area contributed by atoms with Crippen LogP contribution in [0.4, 0.5) is 0 Å². The third-order valence-corrected chi connectivity index (χ3v) is 9.14. The molecule has 0 saturated heterocycles. The van der Waals surface area contributed by atoms with Gasteiger partial charge in [-0.15, -0.1) is 0 Å². The number of hydrogen-bond acceptors (Lipinski definition) is 8. The van der Waals surface area contributed by atoms with Gasteiger partial charge in [-0.2, -0.15) is 0 Å². The number of hydrogen-bond donors (Lipinski definition) is 2. The van der Waals surface area contributed by atoms with Crippen LogP contribution >= 0.6 is 7.82 Å². The largest absolute Gasteiger partial charge is 0.472 e. The van der Waals surface area contributed by atoms with Crippen LogP contribution in [0.15, 0.2) is 109 Å².